The zero-order chi connectivity index (χ0) is 13.7. The molecule has 1 fully saturated rings. The fourth-order valence-corrected chi connectivity index (χ4v) is 2.92. The average molecular weight is 262 g/mol. The maximum absolute atomic E-state index is 10.2. The molecule has 2 rings (SSSR count). The Balaban J connectivity index is 1.78. The lowest BCUT2D eigenvalue weighted by atomic mass is 9.84. The largest absolute Gasteiger partial charge is 0.493 e. The second kappa shape index (κ2) is 6.95. The first-order valence-electron chi connectivity index (χ1n) is 7.55. The minimum absolute atomic E-state index is 0.189. The number of hydrogen-bond donors (Lipinski definition) is 1. The van der Waals surface area contributed by atoms with Crippen molar-refractivity contribution in [2.24, 2.45) is 5.92 Å². The normalized spacial score (nSPS) is 18.3. The molecule has 1 saturated carbocycles. The molecule has 1 atom stereocenters. The summed E-state index contributed by atoms with van der Waals surface area (Å²) in [7, 11) is 0. The third kappa shape index (κ3) is 3.97. The van der Waals surface area contributed by atoms with Gasteiger partial charge in [-0.05, 0) is 49.8 Å². The van der Waals surface area contributed by atoms with Gasteiger partial charge in [0, 0.05) is 6.42 Å². The van der Waals surface area contributed by atoms with Gasteiger partial charge >= 0.3 is 0 Å². The third-order valence-electron chi connectivity index (χ3n) is 4.42. The molecule has 19 heavy (non-hydrogen) atoms. The van der Waals surface area contributed by atoms with E-state index in [9.17, 15) is 5.11 Å². The SMILES string of the molecule is Cc1cccc(OCCC(O)C2CCCCC2)c1C. The van der Waals surface area contributed by atoms with Crippen molar-refractivity contribution in [1.82, 2.24) is 0 Å². The highest BCUT2D eigenvalue weighted by molar-refractivity contribution is 5.38. The van der Waals surface area contributed by atoms with Crippen molar-refractivity contribution in [3.8, 4) is 5.75 Å². The number of benzene rings is 1. The summed E-state index contributed by atoms with van der Waals surface area (Å²) >= 11 is 0. The second-order valence-electron chi connectivity index (χ2n) is 5.80. The summed E-state index contributed by atoms with van der Waals surface area (Å²) < 4.78 is 5.82. The standard InChI is InChI=1S/C17H26O2/c1-13-7-6-10-17(14(13)2)19-12-11-16(18)15-8-4-3-5-9-15/h6-7,10,15-16,18H,3-5,8-9,11-12H2,1-2H3. The van der Waals surface area contributed by atoms with Gasteiger partial charge < -0.3 is 9.84 Å². The minimum atomic E-state index is -0.189. The van der Waals surface area contributed by atoms with Crippen LogP contribution in [0.15, 0.2) is 18.2 Å². The van der Waals surface area contributed by atoms with E-state index in [1.807, 2.05) is 12.1 Å². The first kappa shape index (κ1) is 14.4. The van der Waals surface area contributed by atoms with Crippen molar-refractivity contribution in [2.75, 3.05) is 6.61 Å². The van der Waals surface area contributed by atoms with Gasteiger partial charge in [-0.25, -0.2) is 0 Å². The quantitative estimate of drug-likeness (QED) is 0.868. The molecule has 1 aromatic carbocycles. The number of rotatable bonds is 5. The Bertz CT molecular complexity index is 394. The Morgan fingerprint density at radius 2 is 1.95 bits per heavy atom. The summed E-state index contributed by atoms with van der Waals surface area (Å²) in [4.78, 5) is 0. The van der Waals surface area contributed by atoms with Crippen LogP contribution in [0.2, 0.25) is 0 Å². The Labute approximate surface area is 116 Å². The predicted molar refractivity (Wildman–Crippen MR) is 78.6 cm³/mol. The number of aliphatic hydroxyl groups is 1. The van der Waals surface area contributed by atoms with E-state index >= 15 is 0 Å². The molecule has 0 saturated heterocycles. The molecule has 0 aliphatic heterocycles. The lowest BCUT2D eigenvalue weighted by Gasteiger charge is -2.26. The molecule has 0 bridgehead atoms. The highest BCUT2D eigenvalue weighted by atomic mass is 16.5. The highest BCUT2D eigenvalue weighted by Crippen LogP contribution is 2.28. The lowest BCUT2D eigenvalue weighted by Crippen LogP contribution is -2.24. The van der Waals surface area contributed by atoms with Crippen LogP contribution in [0.3, 0.4) is 0 Å². The van der Waals surface area contributed by atoms with Crippen LogP contribution in [0.1, 0.15) is 49.7 Å². The van der Waals surface area contributed by atoms with Crippen LogP contribution in [0, 0.1) is 19.8 Å². The molecule has 1 aromatic rings. The molecule has 2 nitrogen and oxygen atoms in total. The van der Waals surface area contributed by atoms with Crippen molar-refractivity contribution in [2.45, 2.75) is 58.5 Å². The molecule has 1 aliphatic carbocycles. The first-order chi connectivity index (χ1) is 9.18. The Hall–Kier alpha value is -1.02. The van der Waals surface area contributed by atoms with Crippen molar-refractivity contribution < 1.29 is 9.84 Å². The minimum Gasteiger partial charge on any atom is -0.493 e. The zero-order valence-electron chi connectivity index (χ0n) is 12.2. The number of aryl methyl sites for hydroxylation is 1. The van der Waals surface area contributed by atoms with Crippen LogP contribution in [0.25, 0.3) is 0 Å². The summed E-state index contributed by atoms with van der Waals surface area (Å²) in [5, 5.41) is 10.2. The molecule has 0 heterocycles. The van der Waals surface area contributed by atoms with Crippen LogP contribution >= 0.6 is 0 Å². The molecule has 0 spiro atoms. The summed E-state index contributed by atoms with van der Waals surface area (Å²) in [5.41, 5.74) is 2.46. The Morgan fingerprint density at radius 3 is 2.68 bits per heavy atom. The van der Waals surface area contributed by atoms with E-state index in [0.717, 1.165) is 12.2 Å². The van der Waals surface area contributed by atoms with Crippen LogP contribution in [-0.4, -0.2) is 17.8 Å². The molecule has 1 unspecified atom stereocenters. The summed E-state index contributed by atoms with van der Waals surface area (Å²) in [6.45, 7) is 4.79. The zero-order valence-corrected chi connectivity index (χ0v) is 12.2. The smallest absolute Gasteiger partial charge is 0.122 e. The van der Waals surface area contributed by atoms with E-state index in [1.165, 1.54) is 43.2 Å². The van der Waals surface area contributed by atoms with Crippen LogP contribution in [0.4, 0.5) is 0 Å². The van der Waals surface area contributed by atoms with Gasteiger partial charge in [-0.3, -0.25) is 0 Å². The molecule has 106 valence electrons. The molecule has 0 aromatic heterocycles. The molecule has 0 amide bonds. The fraction of sp³-hybridized carbons (Fsp3) is 0.647. The summed E-state index contributed by atoms with van der Waals surface area (Å²) in [6, 6.07) is 6.13. The van der Waals surface area contributed by atoms with Crippen molar-refractivity contribution >= 4 is 0 Å². The average Bonchev–Trinajstić information content (AvgIpc) is 2.44. The maximum atomic E-state index is 10.2. The Morgan fingerprint density at radius 1 is 1.21 bits per heavy atom. The molecular weight excluding hydrogens is 236 g/mol. The highest BCUT2D eigenvalue weighted by Gasteiger charge is 2.21. The molecule has 1 N–H and O–H groups in total. The van der Waals surface area contributed by atoms with Gasteiger partial charge in [0.15, 0.2) is 0 Å². The van der Waals surface area contributed by atoms with Gasteiger partial charge in [-0.1, -0.05) is 31.4 Å². The van der Waals surface area contributed by atoms with Crippen LogP contribution in [0.5, 0.6) is 5.75 Å². The van der Waals surface area contributed by atoms with E-state index in [2.05, 4.69) is 19.9 Å². The number of ether oxygens (including phenoxy) is 1. The van der Waals surface area contributed by atoms with Gasteiger partial charge in [0.2, 0.25) is 0 Å². The van der Waals surface area contributed by atoms with E-state index in [4.69, 9.17) is 4.74 Å². The van der Waals surface area contributed by atoms with E-state index in [1.54, 1.807) is 0 Å². The predicted octanol–water partition coefficient (Wildman–Crippen LogP) is 4.01. The monoisotopic (exact) mass is 262 g/mol. The topological polar surface area (TPSA) is 29.5 Å². The van der Waals surface area contributed by atoms with E-state index < -0.39 is 0 Å². The molecule has 0 radical (unpaired) electrons. The molecule has 2 heteroatoms. The number of hydrogen-bond acceptors (Lipinski definition) is 2. The fourth-order valence-electron chi connectivity index (χ4n) is 2.92. The summed E-state index contributed by atoms with van der Waals surface area (Å²) in [5.74, 6) is 1.45. The first-order valence-corrected chi connectivity index (χ1v) is 7.55. The van der Waals surface area contributed by atoms with Crippen molar-refractivity contribution in [3.63, 3.8) is 0 Å². The van der Waals surface area contributed by atoms with Gasteiger partial charge in [0.1, 0.15) is 5.75 Å². The van der Waals surface area contributed by atoms with Crippen molar-refractivity contribution in [3.05, 3.63) is 29.3 Å². The van der Waals surface area contributed by atoms with Gasteiger partial charge in [0.05, 0.1) is 12.7 Å². The van der Waals surface area contributed by atoms with E-state index in [0.29, 0.717) is 12.5 Å². The molecule has 1 aliphatic rings. The van der Waals surface area contributed by atoms with E-state index in [-0.39, 0.29) is 6.10 Å². The van der Waals surface area contributed by atoms with Gasteiger partial charge in [-0.2, -0.15) is 0 Å². The lowest BCUT2D eigenvalue weighted by molar-refractivity contribution is 0.0640. The van der Waals surface area contributed by atoms with Crippen LogP contribution in [-0.2, 0) is 0 Å². The molecular formula is C17H26O2. The Kier molecular flexibility index (Phi) is 5.26. The van der Waals surface area contributed by atoms with Crippen LogP contribution < -0.4 is 4.74 Å². The number of aliphatic hydroxyl groups excluding tert-OH is 1. The maximum Gasteiger partial charge on any atom is 0.122 e. The van der Waals surface area contributed by atoms with Gasteiger partial charge in [-0.15, -0.1) is 0 Å². The second-order valence-corrected chi connectivity index (χ2v) is 5.80. The van der Waals surface area contributed by atoms with Crippen molar-refractivity contribution in [1.29, 1.82) is 0 Å². The van der Waals surface area contributed by atoms with Gasteiger partial charge in [0.25, 0.3) is 0 Å². The third-order valence-corrected chi connectivity index (χ3v) is 4.42. The summed E-state index contributed by atoms with van der Waals surface area (Å²) in [6.07, 6.45) is 6.82.